The van der Waals surface area contributed by atoms with Crippen LogP contribution < -0.4 is 5.32 Å². The second-order valence-electron chi connectivity index (χ2n) is 5.23. The van der Waals surface area contributed by atoms with Crippen molar-refractivity contribution in [3.05, 3.63) is 54.1 Å². The molecule has 2 aromatic rings. The van der Waals surface area contributed by atoms with E-state index in [1.54, 1.807) is 12.1 Å². The Kier molecular flexibility index (Phi) is 4.00. The van der Waals surface area contributed by atoms with Crippen LogP contribution in [0.4, 0.5) is 0 Å². The first kappa shape index (κ1) is 13.2. The molecule has 0 atom stereocenters. The summed E-state index contributed by atoms with van der Waals surface area (Å²) >= 11 is 0. The van der Waals surface area contributed by atoms with Crippen LogP contribution >= 0.6 is 0 Å². The van der Waals surface area contributed by atoms with Gasteiger partial charge in [-0.2, -0.15) is 0 Å². The molecule has 3 rings (SSSR count). The van der Waals surface area contributed by atoms with Crippen molar-refractivity contribution in [2.45, 2.75) is 6.54 Å². The van der Waals surface area contributed by atoms with Crippen LogP contribution in [0.2, 0.25) is 0 Å². The van der Waals surface area contributed by atoms with Crippen LogP contribution in [0.3, 0.4) is 0 Å². The van der Waals surface area contributed by atoms with Crippen molar-refractivity contribution in [3.8, 4) is 16.9 Å². The van der Waals surface area contributed by atoms with E-state index in [4.69, 9.17) is 0 Å². The van der Waals surface area contributed by atoms with Crippen LogP contribution in [0.5, 0.6) is 5.75 Å². The third kappa shape index (κ3) is 3.00. The molecule has 2 N–H and O–H groups in total. The summed E-state index contributed by atoms with van der Waals surface area (Å²) in [5.74, 6) is 0.313. The second-order valence-corrected chi connectivity index (χ2v) is 5.23. The van der Waals surface area contributed by atoms with Gasteiger partial charge in [-0.1, -0.05) is 36.4 Å². The number of rotatable bonds is 3. The molecular formula is C17H20N2O. The molecule has 0 spiro atoms. The molecule has 0 aliphatic carbocycles. The van der Waals surface area contributed by atoms with Gasteiger partial charge in [0.25, 0.3) is 0 Å². The van der Waals surface area contributed by atoms with Crippen LogP contribution in [-0.2, 0) is 6.54 Å². The first-order valence-corrected chi connectivity index (χ1v) is 7.13. The number of aromatic hydroxyl groups is 1. The van der Waals surface area contributed by atoms with Gasteiger partial charge in [0.15, 0.2) is 0 Å². The zero-order chi connectivity index (χ0) is 13.8. The number of piperazine rings is 1. The number of benzene rings is 2. The average molecular weight is 268 g/mol. The van der Waals surface area contributed by atoms with Crippen LogP contribution in [0.1, 0.15) is 5.56 Å². The maximum atomic E-state index is 9.42. The van der Waals surface area contributed by atoms with Gasteiger partial charge in [-0.05, 0) is 28.8 Å². The normalized spacial score (nSPS) is 16.2. The molecule has 0 amide bonds. The molecule has 0 bridgehead atoms. The molecule has 0 saturated carbocycles. The average Bonchev–Trinajstić information content (AvgIpc) is 2.50. The predicted molar refractivity (Wildman–Crippen MR) is 81.7 cm³/mol. The van der Waals surface area contributed by atoms with Crippen LogP contribution in [0.15, 0.2) is 48.5 Å². The van der Waals surface area contributed by atoms with E-state index in [-0.39, 0.29) is 0 Å². The van der Waals surface area contributed by atoms with Crippen molar-refractivity contribution in [3.63, 3.8) is 0 Å². The minimum Gasteiger partial charge on any atom is -0.508 e. The zero-order valence-corrected chi connectivity index (χ0v) is 11.5. The molecule has 1 saturated heterocycles. The van der Waals surface area contributed by atoms with Crippen molar-refractivity contribution >= 4 is 0 Å². The van der Waals surface area contributed by atoms with Gasteiger partial charge in [-0.15, -0.1) is 0 Å². The Morgan fingerprint density at radius 3 is 2.40 bits per heavy atom. The van der Waals surface area contributed by atoms with Crippen molar-refractivity contribution in [1.29, 1.82) is 0 Å². The fourth-order valence-corrected chi connectivity index (χ4v) is 2.69. The van der Waals surface area contributed by atoms with Crippen LogP contribution in [0.25, 0.3) is 11.1 Å². The number of phenols is 1. The highest BCUT2D eigenvalue weighted by Gasteiger charge is 2.12. The highest BCUT2D eigenvalue weighted by Crippen LogP contribution is 2.26. The summed E-state index contributed by atoms with van der Waals surface area (Å²) in [5, 5.41) is 12.8. The van der Waals surface area contributed by atoms with Crippen molar-refractivity contribution in [2.75, 3.05) is 26.2 Å². The molecule has 0 unspecified atom stereocenters. The SMILES string of the molecule is Oc1ccc(-c2ccccc2CN2CCNCC2)cc1. The van der Waals surface area contributed by atoms with E-state index >= 15 is 0 Å². The fourth-order valence-electron chi connectivity index (χ4n) is 2.69. The number of nitrogens with zero attached hydrogens (tertiary/aromatic N) is 1. The number of hydrogen-bond donors (Lipinski definition) is 2. The third-order valence-electron chi connectivity index (χ3n) is 3.80. The van der Waals surface area contributed by atoms with E-state index in [0.29, 0.717) is 5.75 Å². The molecule has 1 aliphatic heterocycles. The molecule has 1 aliphatic rings. The van der Waals surface area contributed by atoms with E-state index in [9.17, 15) is 5.11 Å². The lowest BCUT2D eigenvalue weighted by Crippen LogP contribution is -2.42. The highest BCUT2D eigenvalue weighted by molar-refractivity contribution is 5.67. The zero-order valence-electron chi connectivity index (χ0n) is 11.5. The molecule has 1 fully saturated rings. The quantitative estimate of drug-likeness (QED) is 0.897. The van der Waals surface area contributed by atoms with Gasteiger partial charge in [0, 0.05) is 32.7 Å². The van der Waals surface area contributed by atoms with Gasteiger partial charge in [0.1, 0.15) is 5.75 Å². The van der Waals surface area contributed by atoms with Crippen LogP contribution in [0, 0.1) is 0 Å². The summed E-state index contributed by atoms with van der Waals surface area (Å²) in [4.78, 5) is 2.48. The Bertz CT molecular complexity index is 559. The van der Waals surface area contributed by atoms with E-state index in [0.717, 1.165) is 38.3 Å². The summed E-state index contributed by atoms with van der Waals surface area (Å²) in [6, 6.07) is 16.0. The maximum absolute atomic E-state index is 9.42. The number of nitrogens with one attached hydrogen (secondary N) is 1. The fraction of sp³-hybridized carbons (Fsp3) is 0.294. The minimum atomic E-state index is 0.313. The molecule has 3 nitrogen and oxygen atoms in total. The van der Waals surface area contributed by atoms with E-state index < -0.39 is 0 Å². The molecule has 2 aromatic carbocycles. The molecule has 20 heavy (non-hydrogen) atoms. The smallest absolute Gasteiger partial charge is 0.115 e. The van der Waals surface area contributed by atoms with Gasteiger partial charge in [-0.3, -0.25) is 4.90 Å². The number of phenolic OH excluding ortho intramolecular Hbond substituents is 1. The lowest BCUT2D eigenvalue weighted by atomic mass is 9.99. The first-order chi connectivity index (χ1) is 9.83. The maximum Gasteiger partial charge on any atom is 0.115 e. The Balaban J connectivity index is 1.85. The van der Waals surface area contributed by atoms with Crippen molar-refractivity contribution in [1.82, 2.24) is 10.2 Å². The molecular weight excluding hydrogens is 248 g/mol. The lowest BCUT2D eigenvalue weighted by molar-refractivity contribution is 0.233. The second kappa shape index (κ2) is 6.07. The van der Waals surface area contributed by atoms with Gasteiger partial charge in [-0.25, -0.2) is 0 Å². The summed E-state index contributed by atoms with van der Waals surface area (Å²) in [6.07, 6.45) is 0. The Hall–Kier alpha value is -1.84. The van der Waals surface area contributed by atoms with Crippen molar-refractivity contribution < 1.29 is 5.11 Å². The molecule has 3 heteroatoms. The van der Waals surface area contributed by atoms with Gasteiger partial charge < -0.3 is 10.4 Å². The third-order valence-corrected chi connectivity index (χ3v) is 3.80. The Morgan fingerprint density at radius 1 is 0.950 bits per heavy atom. The largest absolute Gasteiger partial charge is 0.508 e. The summed E-state index contributed by atoms with van der Waals surface area (Å²) < 4.78 is 0. The molecule has 0 aromatic heterocycles. The number of hydrogen-bond acceptors (Lipinski definition) is 3. The van der Waals surface area contributed by atoms with E-state index in [2.05, 4.69) is 34.5 Å². The van der Waals surface area contributed by atoms with E-state index in [1.807, 2.05) is 12.1 Å². The molecule has 104 valence electrons. The standard InChI is InChI=1S/C17H20N2O/c20-16-7-5-14(6-8-16)17-4-2-1-3-15(17)13-19-11-9-18-10-12-19/h1-8,18,20H,9-13H2. The topological polar surface area (TPSA) is 35.5 Å². The molecule has 0 radical (unpaired) electrons. The molecule has 1 heterocycles. The van der Waals surface area contributed by atoms with Gasteiger partial charge in [0.05, 0.1) is 0 Å². The first-order valence-electron chi connectivity index (χ1n) is 7.13. The Labute approximate surface area is 119 Å². The minimum absolute atomic E-state index is 0.313. The summed E-state index contributed by atoms with van der Waals surface area (Å²) in [5.41, 5.74) is 3.76. The highest BCUT2D eigenvalue weighted by atomic mass is 16.3. The van der Waals surface area contributed by atoms with E-state index in [1.165, 1.54) is 11.1 Å². The Morgan fingerprint density at radius 2 is 1.65 bits per heavy atom. The summed E-state index contributed by atoms with van der Waals surface area (Å²) in [7, 11) is 0. The summed E-state index contributed by atoms with van der Waals surface area (Å²) in [6.45, 7) is 5.33. The lowest BCUT2D eigenvalue weighted by Gasteiger charge is -2.28. The van der Waals surface area contributed by atoms with Crippen LogP contribution in [-0.4, -0.2) is 36.2 Å². The van der Waals surface area contributed by atoms with Crippen molar-refractivity contribution in [2.24, 2.45) is 0 Å². The van der Waals surface area contributed by atoms with Gasteiger partial charge in [0.2, 0.25) is 0 Å². The monoisotopic (exact) mass is 268 g/mol. The predicted octanol–water partition coefficient (Wildman–Crippen LogP) is 2.46. The van der Waals surface area contributed by atoms with Gasteiger partial charge >= 0.3 is 0 Å².